The van der Waals surface area contributed by atoms with Gasteiger partial charge in [0.1, 0.15) is 5.75 Å². The maximum Gasteiger partial charge on any atom is 0.151 e. The number of morpholine rings is 1. The van der Waals surface area contributed by atoms with E-state index in [4.69, 9.17) is 4.74 Å². The van der Waals surface area contributed by atoms with Gasteiger partial charge in [-0.25, -0.2) is 0 Å². The molecule has 1 aromatic carbocycles. The summed E-state index contributed by atoms with van der Waals surface area (Å²) in [7, 11) is 0. The van der Waals surface area contributed by atoms with E-state index in [1.807, 2.05) is 25.1 Å². The fourth-order valence-corrected chi connectivity index (χ4v) is 2.59. The number of nitrogens with one attached hydrogen (secondary N) is 1. The zero-order valence-electron chi connectivity index (χ0n) is 14.1. The van der Waals surface area contributed by atoms with Gasteiger partial charge < -0.3 is 15.2 Å². The predicted octanol–water partition coefficient (Wildman–Crippen LogP) is 3.06. The van der Waals surface area contributed by atoms with Crippen LogP contribution < -0.4 is 5.32 Å². The number of phenols is 1. The Labute approximate surface area is 169 Å². The molecule has 1 aromatic heterocycles. The molecular formula is C17H24Br2N4O2. The molecule has 0 aliphatic carbocycles. The van der Waals surface area contributed by atoms with Crippen LogP contribution in [0.1, 0.15) is 5.56 Å². The Bertz CT molecular complexity index is 650. The van der Waals surface area contributed by atoms with E-state index < -0.39 is 0 Å². The lowest BCUT2D eigenvalue weighted by molar-refractivity contribution is 0.0398. The average Bonchev–Trinajstić information content (AvgIpc) is 2.58. The first kappa shape index (κ1) is 21.8. The highest BCUT2D eigenvalue weighted by Crippen LogP contribution is 2.22. The van der Waals surface area contributed by atoms with Gasteiger partial charge in [0.05, 0.1) is 18.9 Å². The summed E-state index contributed by atoms with van der Waals surface area (Å²) in [6.45, 7) is 7.46. The number of hydrogen-bond donors (Lipinski definition) is 2. The van der Waals surface area contributed by atoms with Crippen LogP contribution in [0.15, 0.2) is 30.3 Å². The molecule has 25 heavy (non-hydrogen) atoms. The number of rotatable bonds is 5. The van der Waals surface area contributed by atoms with Crippen molar-refractivity contribution >= 4 is 39.8 Å². The average molecular weight is 476 g/mol. The summed E-state index contributed by atoms with van der Waals surface area (Å²) in [5.41, 5.74) is 2.81. The molecule has 2 N–H and O–H groups in total. The SMILES string of the molecule is Br.Br.Cc1cc(-c2ccc(O)cc2)nnc1NCCN1CCOCC1. The Kier molecular flexibility index (Phi) is 9.34. The number of hydrogen-bond acceptors (Lipinski definition) is 6. The Morgan fingerprint density at radius 3 is 2.44 bits per heavy atom. The van der Waals surface area contributed by atoms with Crippen LogP contribution in [0.25, 0.3) is 11.3 Å². The number of aryl methyl sites for hydroxylation is 1. The fraction of sp³-hybridized carbons (Fsp3) is 0.412. The minimum absolute atomic E-state index is 0. The molecule has 2 aromatic rings. The summed E-state index contributed by atoms with van der Waals surface area (Å²) in [5.74, 6) is 1.07. The molecule has 1 aliphatic rings. The number of anilines is 1. The van der Waals surface area contributed by atoms with Gasteiger partial charge in [0.2, 0.25) is 0 Å². The first-order valence-corrected chi connectivity index (χ1v) is 7.90. The number of phenolic OH excluding ortho intramolecular Hbond substituents is 1. The Hall–Kier alpha value is -1.22. The quantitative estimate of drug-likeness (QED) is 0.692. The van der Waals surface area contributed by atoms with Gasteiger partial charge in [-0.05, 0) is 42.8 Å². The lowest BCUT2D eigenvalue weighted by Gasteiger charge is -2.26. The molecular weight excluding hydrogens is 452 g/mol. The minimum Gasteiger partial charge on any atom is -0.508 e. The summed E-state index contributed by atoms with van der Waals surface area (Å²) >= 11 is 0. The molecule has 0 unspecified atom stereocenters. The van der Waals surface area contributed by atoms with Crippen LogP contribution in [0.4, 0.5) is 5.82 Å². The van der Waals surface area contributed by atoms with Crippen LogP contribution >= 0.6 is 34.0 Å². The maximum absolute atomic E-state index is 9.35. The van der Waals surface area contributed by atoms with Gasteiger partial charge in [0.25, 0.3) is 0 Å². The van der Waals surface area contributed by atoms with E-state index in [0.29, 0.717) is 0 Å². The third-order valence-electron chi connectivity index (χ3n) is 3.97. The highest BCUT2D eigenvalue weighted by atomic mass is 79.9. The molecule has 0 saturated carbocycles. The van der Waals surface area contributed by atoms with Crippen LogP contribution in [0.3, 0.4) is 0 Å². The molecule has 0 atom stereocenters. The highest BCUT2D eigenvalue weighted by Gasteiger charge is 2.10. The highest BCUT2D eigenvalue weighted by molar-refractivity contribution is 8.93. The van der Waals surface area contributed by atoms with Gasteiger partial charge in [-0.2, -0.15) is 0 Å². The first-order valence-electron chi connectivity index (χ1n) is 7.90. The standard InChI is InChI=1S/C17H22N4O2.2BrH/c1-13-12-16(14-2-4-15(22)5-3-14)19-20-17(13)18-6-7-21-8-10-23-11-9-21;;/h2-5,12,22H,6-11H2,1H3,(H,18,20);2*1H. The van der Waals surface area contributed by atoms with Crippen LogP contribution in [0.2, 0.25) is 0 Å². The second kappa shape index (κ2) is 10.7. The number of aromatic nitrogens is 2. The lowest BCUT2D eigenvalue weighted by Crippen LogP contribution is -2.39. The van der Waals surface area contributed by atoms with Gasteiger partial charge >= 0.3 is 0 Å². The third kappa shape index (κ3) is 6.22. The molecule has 3 rings (SSSR count). The fourth-order valence-electron chi connectivity index (χ4n) is 2.59. The number of halogens is 2. The molecule has 1 fully saturated rings. The summed E-state index contributed by atoms with van der Waals surface area (Å²) in [6, 6.07) is 8.99. The Balaban J connectivity index is 0.00000156. The predicted molar refractivity (Wildman–Crippen MR) is 110 cm³/mol. The molecule has 1 saturated heterocycles. The molecule has 0 bridgehead atoms. The smallest absolute Gasteiger partial charge is 0.151 e. The van der Waals surface area contributed by atoms with Crippen LogP contribution in [0, 0.1) is 6.92 Å². The molecule has 0 radical (unpaired) electrons. The number of benzene rings is 1. The van der Waals surface area contributed by atoms with E-state index in [1.165, 1.54) is 0 Å². The third-order valence-corrected chi connectivity index (χ3v) is 3.97. The van der Waals surface area contributed by atoms with Crippen molar-refractivity contribution in [2.75, 3.05) is 44.7 Å². The summed E-state index contributed by atoms with van der Waals surface area (Å²) in [5, 5.41) is 21.3. The largest absolute Gasteiger partial charge is 0.508 e. The second-order valence-corrected chi connectivity index (χ2v) is 5.69. The molecule has 6 nitrogen and oxygen atoms in total. The maximum atomic E-state index is 9.35. The molecule has 138 valence electrons. The van der Waals surface area contributed by atoms with Crippen molar-refractivity contribution in [2.45, 2.75) is 6.92 Å². The van der Waals surface area contributed by atoms with Gasteiger partial charge in [-0.15, -0.1) is 44.2 Å². The Morgan fingerprint density at radius 2 is 1.80 bits per heavy atom. The van der Waals surface area contributed by atoms with Crippen molar-refractivity contribution in [3.8, 4) is 17.0 Å². The molecule has 0 amide bonds. The number of ether oxygens (including phenoxy) is 1. The zero-order valence-corrected chi connectivity index (χ0v) is 17.6. The van der Waals surface area contributed by atoms with Gasteiger partial charge in [0, 0.05) is 31.7 Å². The van der Waals surface area contributed by atoms with Crippen LogP contribution in [0.5, 0.6) is 5.75 Å². The van der Waals surface area contributed by atoms with Gasteiger partial charge in [-0.3, -0.25) is 4.90 Å². The minimum atomic E-state index is 0. The van der Waals surface area contributed by atoms with Crippen LogP contribution in [-0.2, 0) is 4.74 Å². The van der Waals surface area contributed by atoms with Crippen molar-refractivity contribution in [3.05, 3.63) is 35.9 Å². The second-order valence-electron chi connectivity index (χ2n) is 5.69. The van der Waals surface area contributed by atoms with Gasteiger partial charge in [-0.1, -0.05) is 0 Å². The van der Waals surface area contributed by atoms with E-state index in [1.54, 1.807) is 12.1 Å². The summed E-state index contributed by atoms with van der Waals surface area (Å²) in [6.07, 6.45) is 0. The molecule has 2 heterocycles. The number of aromatic hydroxyl groups is 1. The lowest BCUT2D eigenvalue weighted by atomic mass is 10.1. The summed E-state index contributed by atoms with van der Waals surface area (Å²) < 4.78 is 5.35. The van der Waals surface area contributed by atoms with Crippen molar-refractivity contribution in [3.63, 3.8) is 0 Å². The molecule has 8 heteroatoms. The topological polar surface area (TPSA) is 70.5 Å². The normalized spacial score (nSPS) is 14.3. The van der Waals surface area contributed by atoms with Crippen LogP contribution in [-0.4, -0.2) is 59.6 Å². The van der Waals surface area contributed by atoms with Crippen molar-refractivity contribution in [1.82, 2.24) is 15.1 Å². The monoisotopic (exact) mass is 474 g/mol. The first-order chi connectivity index (χ1) is 11.2. The van der Waals surface area contributed by atoms with Crippen molar-refractivity contribution in [1.29, 1.82) is 0 Å². The Morgan fingerprint density at radius 1 is 1.12 bits per heavy atom. The van der Waals surface area contributed by atoms with Crippen molar-refractivity contribution < 1.29 is 9.84 Å². The van der Waals surface area contributed by atoms with E-state index in [2.05, 4.69) is 20.4 Å². The number of nitrogens with zero attached hydrogens (tertiary/aromatic N) is 3. The van der Waals surface area contributed by atoms with E-state index in [9.17, 15) is 5.11 Å². The van der Waals surface area contributed by atoms with E-state index >= 15 is 0 Å². The zero-order chi connectivity index (χ0) is 16.1. The van der Waals surface area contributed by atoms with E-state index in [0.717, 1.165) is 62.0 Å². The van der Waals surface area contributed by atoms with Gasteiger partial charge in [0.15, 0.2) is 5.82 Å². The summed E-state index contributed by atoms with van der Waals surface area (Å²) in [4.78, 5) is 2.38. The molecule has 1 aliphatic heterocycles. The molecule has 0 spiro atoms. The van der Waals surface area contributed by atoms with E-state index in [-0.39, 0.29) is 39.7 Å². The van der Waals surface area contributed by atoms with Crippen molar-refractivity contribution in [2.24, 2.45) is 0 Å².